The molecule has 132 valence electrons. The van der Waals surface area contributed by atoms with Crippen molar-refractivity contribution < 1.29 is 14.3 Å². The highest BCUT2D eigenvalue weighted by Crippen LogP contribution is 2.28. The van der Waals surface area contributed by atoms with E-state index in [9.17, 15) is 5.11 Å². The minimum absolute atomic E-state index is 0.278. The van der Waals surface area contributed by atoms with Gasteiger partial charge in [-0.2, -0.15) is 0 Å². The van der Waals surface area contributed by atoms with E-state index in [0.717, 1.165) is 30.5 Å². The van der Waals surface area contributed by atoms with Crippen LogP contribution in [-0.4, -0.2) is 47.7 Å². The number of quaternary nitrogens is 1. The van der Waals surface area contributed by atoms with Gasteiger partial charge in [-0.15, -0.1) is 0 Å². The SMILES string of the molecule is CCCCC[N+]1([C@@H](C)O)CCC[C@H](OC(C(C)C)C(C)C)C1. The van der Waals surface area contributed by atoms with Crippen LogP contribution < -0.4 is 0 Å². The van der Waals surface area contributed by atoms with E-state index in [4.69, 9.17) is 4.74 Å². The minimum Gasteiger partial charge on any atom is -0.369 e. The van der Waals surface area contributed by atoms with Gasteiger partial charge in [0.05, 0.1) is 19.2 Å². The Morgan fingerprint density at radius 2 is 1.73 bits per heavy atom. The monoisotopic (exact) mass is 314 g/mol. The summed E-state index contributed by atoms with van der Waals surface area (Å²) >= 11 is 0. The number of rotatable bonds is 9. The van der Waals surface area contributed by atoms with Crippen molar-refractivity contribution in [2.24, 2.45) is 11.8 Å². The molecule has 1 aliphatic rings. The van der Waals surface area contributed by atoms with Gasteiger partial charge in [-0.05, 0) is 37.5 Å². The molecule has 0 amide bonds. The Morgan fingerprint density at radius 1 is 1.09 bits per heavy atom. The Hall–Kier alpha value is -0.120. The van der Waals surface area contributed by atoms with E-state index >= 15 is 0 Å². The second-order valence-corrected chi connectivity index (χ2v) is 8.04. The van der Waals surface area contributed by atoms with Crippen LogP contribution >= 0.6 is 0 Å². The molecule has 0 spiro atoms. The number of likely N-dealkylation sites (tertiary alicyclic amines) is 1. The summed E-state index contributed by atoms with van der Waals surface area (Å²) in [7, 11) is 0. The van der Waals surface area contributed by atoms with Crippen LogP contribution in [0, 0.1) is 11.8 Å². The minimum atomic E-state index is -0.278. The summed E-state index contributed by atoms with van der Waals surface area (Å²) in [6, 6.07) is 0. The molecule has 22 heavy (non-hydrogen) atoms. The van der Waals surface area contributed by atoms with Gasteiger partial charge in [-0.25, -0.2) is 0 Å². The normalized spacial score (nSPS) is 27.8. The van der Waals surface area contributed by atoms with Crippen molar-refractivity contribution >= 4 is 0 Å². The van der Waals surface area contributed by atoms with Crippen molar-refractivity contribution in [1.82, 2.24) is 0 Å². The Labute approximate surface area is 138 Å². The summed E-state index contributed by atoms with van der Waals surface area (Å²) in [6.07, 6.45) is 6.39. The lowest BCUT2D eigenvalue weighted by Crippen LogP contribution is -2.61. The highest BCUT2D eigenvalue weighted by Gasteiger charge is 2.40. The molecule has 3 heteroatoms. The number of hydrogen-bond acceptors (Lipinski definition) is 2. The first-order chi connectivity index (χ1) is 10.3. The standard InChI is InChI=1S/C19H40NO2/c1-7-8-9-12-20(17(6)21)13-10-11-18(14-20)22-19(15(2)3)16(4)5/h15-19,21H,7-14H2,1-6H3/q+1/t17-,18+,20?/m1/s1. The average molecular weight is 315 g/mol. The third-order valence-electron chi connectivity index (χ3n) is 5.36. The van der Waals surface area contributed by atoms with Gasteiger partial charge in [-0.1, -0.05) is 41.0 Å². The average Bonchev–Trinajstić information content (AvgIpc) is 2.44. The van der Waals surface area contributed by atoms with Crippen LogP contribution in [0.1, 0.15) is 73.6 Å². The summed E-state index contributed by atoms with van der Waals surface area (Å²) < 4.78 is 7.34. The van der Waals surface area contributed by atoms with E-state index < -0.39 is 0 Å². The number of piperidine rings is 1. The quantitative estimate of drug-likeness (QED) is 0.511. The molecule has 1 aliphatic heterocycles. The second-order valence-electron chi connectivity index (χ2n) is 8.04. The maximum Gasteiger partial charge on any atom is 0.187 e. The van der Waals surface area contributed by atoms with Gasteiger partial charge in [0, 0.05) is 6.92 Å². The van der Waals surface area contributed by atoms with Crippen LogP contribution in [-0.2, 0) is 4.74 Å². The van der Waals surface area contributed by atoms with E-state index in [1.165, 1.54) is 25.7 Å². The predicted molar refractivity (Wildman–Crippen MR) is 93.6 cm³/mol. The van der Waals surface area contributed by atoms with Gasteiger partial charge in [0.2, 0.25) is 0 Å². The molecule has 0 saturated carbocycles. The van der Waals surface area contributed by atoms with Gasteiger partial charge < -0.3 is 9.84 Å². The lowest BCUT2D eigenvalue weighted by molar-refractivity contribution is -0.976. The van der Waals surface area contributed by atoms with Crippen LogP contribution in [0.2, 0.25) is 0 Å². The van der Waals surface area contributed by atoms with Crippen molar-refractivity contribution in [3.05, 3.63) is 0 Å². The molecule has 1 unspecified atom stereocenters. The van der Waals surface area contributed by atoms with E-state index in [-0.39, 0.29) is 6.23 Å². The maximum atomic E-state index is 10.4. The highest BCUT2D eigenvalue weighted by molar-refractivity contribution is 4.73. The number of aliphatic hydroxyl groups excluding tert-OH is 1. The van der Waals surface area contributed by atoms with Crippen molar-refractivity contribution in [2.45, 2.75) is 92.1 Å². The number of ether oxygens (including phenoxy) is 1. The molecule has 0 aromatic rings. The van der Waals surface area contributed by atoms with E-state index in [0.29, 0.717) is 24.0 Å². The molecule has 1 rings (SSSR count). The van der Waals surface area contributed by atoms with Crippen molar-refractivity contribution in [1.29, 1.82) is 0 Å². The number of unbranched alkanes of at least 4 members (excludes halogenated alkanes) is 2. The molecular weight excluding hydrogens is 274 g/mol. The summed E-state index contributed by atoms with van der Waals surface area (Å²) in [5.74, 6) is 1.10. The summed E-state index contributed by atoms with van der Waals surface area (Å²) in [6.45, 7) is 16.4. The fourth-order valence-corrected chi connectivity index (χ4v) is 4.05. The summed E-state index contributed by atoms with van der Waals surface area (Å²) in [5.41, 5.74) is 0. The first kappa shape index (κ1) is 19.9. The highest BCUT2D eigenvalue weighted by atomic mass is 16.5. The smallest absolute Gasteiger partial charge is 0.187 e. The van der Waals surface area contributed by atoms with E-state index in [1.54, 1.807) is 0 Å². The molecule has 0 radical (unpaired) electrons. The zero-order chi connectivity index (χ0) is 16.8. The van der Waals surface area contributed by atoms with Gasteiger partial charge in [0.15, 0.2) is 6.23 Å². The van der Waals surface area contributed by atoms with Crippen LogP contribution in [0.25, 0.3) is 0 Å². The first-order valence-corrected chi connectivity index (χ1v) is 9.51. The third kappa shape index (κ3) is 5.50. The Morgan fingerprint density at radius 3 is 2.23 bits per heavy atom. The molecule has 0 bridgehead atoms. The number of aliphatic hydroxyl groups is 1. The Kier molecular flexibility index (Phi) is 8.37. The molecule has 1 heterocycles. The molecular formula is C19H40NO2+. The zero-order valence-corrected chi connectivity index (χ0v) is 15.8. The fourth-order valence-electron chi connectivity index (χ4n) is 4.05. The predicted octanol–water partition coefficient (Wildman–Crippen LogP) is 4.19. The Bertz CT molecular complexity index is 296. The topological polar surface area (TPSA) is 29.5 Å². The molecule has 0 aromatic carbocycles. The number of hydrogen-bond donors (Lipinski definition) is 1. The lowest BCUT2D eigenvalue weighted by atomic mass is 9.95. The molecule has 0 aliphatic carbocycles. The van der Waals surface area contributed by atoms with Crippen LogP contribution in [0.4, 0.5) is 0 Å². The zero-order valence-electron chi connectivity index (χ0n) is 15.8. The number of nitrogens with zero attached hydrogens (tertiary/aromatic N) is 1. The van der Waals surface area contributed by atoms with Gasteiger partial charge >= 0.3 is 0 Å². The van der Waals surface area contributed by atoms with Crippen molar-refractivity contribution in [2.75, 3.05) is 19.6 Å². The van der Waals surface area contributed by atoms with Gasteiger partial charge in [0.25, 0.3) is 0 Å². The summed E-state index contributed by atoms with van der Waals surface area (Å²) in [5, 5.41) is 10.4. The van der Waals surface area contributed by atoms with Crippen molar-refractivity contribution in [3.63, 3.8) is 0 Å². The molecule has 1 saturated heterocycles. The maximum absolute atomic E-state index is 10.4. The lowest BCUT2D eigenvalue weighted by Gasteiger charge is -2.47. The van der Waals surface area contributed by atoms with E-state index in [2.05, 4.69) is 34.6 Å². The molecule has 0 aromatic heterocycles. The fraction of sp³-hybridized carbons (Fsp3) is 1.00. The van der Waals surface area contributed by atoms with Gasteiger partial charge in [-0.3, -0.25) is 4.48 Å². The molecule has 1 N–H and O–H groups in total. The van der Waals surface area contributed by atoms with Crippen LogP contribution in [0.15, 0.2) is 0 Å². The van der Waals surface area contributed by atoms with Gasteiger partial charge in [0.1, 0.15) is 12.6 Å². The summed E-state index contributed by atoms with van der Waals surface area (Å²) in [4.78, 5) is 0. The molecule has 3 atom stereocenters. The van der Waals surface area contributed by atoms with Crippen LogP contribution in [0.3, 0.4) is 0 Å². The molecule has 3 nitrogen and oxygen atoms in total. The second kappa shape index (κ2) is 9.24. The van der Waals surface area contributed by atoms with Crippen molar-refractivity contribution in [3.8, 4) is 0 Å². The molecule has 1 fully saturated rings. The third-order valence-corrected chi connectivity index (χ3v) is 5.36. The Balaban J connectivity index is 2.70. The largest absolute Gasteiger partial charge is 0.369 e. The van der Waals surface area contributed by atoms with E-state index in [1.807, 2.05) is 6.92 Å². The van der Waals surface area contributed by atoms with Crippen LogP contribution in [0.5, 0.6) is 0 Å². The first-order valence-electron chi connectivity index (χ1n) is 9.51.